The van der Waals surface area contributed by atoms with E-state index in [-0.39, 0.29) is 36.1 Å². The minimum Gasteiger partial charge on any atom is -0.476 e. The number of carboxylic acids is 1. The topological polar surface area (TPSA) is 146 Å². The number of rotatable bonds is 10. The van der Waals surface area contributed by atoms with Gasteiger partial charge in [-0.15, -0.1) is 0 Å². The van der Waals surface area contributed by atoms with Crippen LogP contribution in [-0.2, 0) is 17.6 Å². The average Bonchev–Trinajstić information content (AvgIpc) is 3.50. The van der Waals surface area contributed by atoms with Crippen LogP contribution in [-0.4, -0.2) is 61.9 Å². The number of para-hydroxylation sites is 1. The number of urea groups is 1. The van der Waals surface area contributed by atoms with E-state index in [1.54, 1.807) is 4.90 Å². The van der Waals surface area contributed by atoms with E-state index < -0.39 is 30.0 Å². The molecule has 0 bridgehead atoms. The molecule has 1 saturated heterocycles. The molecular weight excluding hydrogens is 558 g/mol. The molecule has 4 N–H and O–H groups in total. The highest BCUT2D eigenvalue weighted by Crippen LogP contribution is 2.33. The summed E-state index contributed by atoms with van der Waals surface area (Å²) in [6.45, 7) is 4.99. The standard InChI is InChI=1S/C34H41N5O5/c1-22(2)18-26(35)32(40)39(34(43)38-16-10-3-4-11-17-38)28(20-24-21-36-27-15-9-8-14-25(24)27)31-37-30(33(41)42)29(44-31)19-23-12-6-5-7-13-23/h5-9,12-15,21-22,26,28,36H,3-4,10-11,16-20,35H2,1-2H3,(H,41,42)/t26-,28+/m0/s1. The number of hydrogen-bond acceptors (Lipinski definition) is 6. The maximum absolute atomic E-state index is 14.4. The maximum atomic E-state index is 14.4. The number of aromatic nitrogens is 2. The van der Waals surface area contributed by atoms with Crippen molar-refractivity contribution in [1.29, 1.82) is 0 Å². The van der Waals surface area contributed by atoms with Gasteiger partial charge < -0.3 is 25.1 Å². The molecule has 1 aliphatic rings. The quantitative estimate of drug-likeness (QED) is 0.205. The number of carbonyl (C=O) groups is 3. The fourth-order valence-corrected chi connectivity index (χ4v) is 5.96. The Kier molecular flexibility index (Phi) is 9.79. The number of nitrogens with zero attached hydrogens (tertiary/aromatic N) is 3. The molecule has 10 nitrogen and oxygen atoms in total. The third-order valence-corrected chi connectivity index (χ3v) is 8.17. The molecule has 44 heavy (non-hydrogen) atoms. The van der Waals surface area contributed by atoms with Crippen LogP contribution in [0.1, 0.15) is 85.3 Å². The molecule has 1 fully saturated rings. The number of carboxylic acid groups (broad SMARTS) is 1. The summed E-state index contributed by atoms with van der Waals surface area (Å²) in [5.41, 5.74) is 8.81. The molecule has 1 aliphatic heterocycles. The molecule has 2 aromatic heterocycles. The van der Waals surface area contributed by atoms with Crippen molar-refractivity contribution in [3.8, 4) is 0 Å². The first-order valence-electron chi connectivity index (χ1n) is 15.4. The summed E-state index contributed by atoms with van der Waals surface area (Å²) in [6.07, 6.45) is 6.26. The van der Waals surface area contributed by atoms with Crippen LogP contribution in [0.3, 0.4) is 0 Å². The number of hydrogen-bond donors (Lipinski definition) is 3. The number of likely N-dealkylation sites (tertiary alicyclic amines) is 1. The molecular formula is C34H41N5O5. The van der Waals surface area contributed by atoms with E-state index >= 15 is 0 Å². The summed E-state index contributed by atoms with van der Waals surface area (Å²) in [7, 11) is 0. The number of imide groups is 1. The molecule has 0 unspecified atom stereocenters. The number of carbonyl (C=O) groups excluding carboxylic acids is 2. The average molecular weight is 600 g/mol. The summed E-state index contributed by atoms with van der Waals surface area (Å²) in [4.78, 5) is 51.6. The highest BCUT2D eigenvalue weighted by molar-refractivity contribution is 5.97. The minimum atomic E-state index is -1.25. The van der Waals surface area contributed by atoms with Crippen molar-refractivity contribution in [2.45, 2.75) is 70.9 Å². The van der Waals surface area contributed by atoms with Crippen LogP contribution in [0.25, 0.3) is 10.9 Å². The molecule has 10 heteroatoms. The van der Waals surface area contributed by atoms with E-state index in [0.29, 0.717) is 19.5 Å². The molecule has 3 heterocycles. The van der Waals surface area contributed by atoms with Gasteiger partial charge in [-0.1, -0.05) is 75.2 Å². The lowest BCUT2D eigenvalue weighted by molar-refractivity contribution is -0.133. The summed E-state index contributed by atoms with van der Waals surface area (Å²) in [5, 5.41) is 11.0. The maximum Gasteiger partial charge on any atom is 0.358 e. The Hall–Kier alpha value is -4.44. The normalized spacial score (nSPS) is 15.2. The van der Waals surface area contributed by atoms with Crippen LogP contribution >= 0.6 is 0 Å². The van der Waals surface area contributed by atoms with E-state index in [9.17, 15) is 19.5 Å². The Morgan fingerprint density at radius 3 is 2.39 bits per heavy atom. The van der Waals surface area contributed by atoms with Gasteiger partial charge in [0.1, 0.15) is 11.8 Å². The van der Waals surface area contributed by atoms with Gasteiger partial charge in [0, 0.05) is 43.0 Å². The van der Waals surface area contributed by atoms with Crippen molar-refractivity contribution in [2.75, 3.05) is 13.1 Å². The van der Waals surface area contributed by atoms with E-state index in [1.807, 2.05) is 74.6 Å². The van der Waals surface area contributed by atoms with Gasteiger partial charge in [-0.2, -0.15) is 0 Å². The number of oxazole rings is 1. The largest absolute Gasteiger partial charge is 0.476 e. The summed E-state index contributed by atoms with van der Waals surface area (Å²) < 4.78 is 6.25. The Bertz CT molecular complexity index is 1590. The van der Waals surface area contributed by atoms with Crippen molar-refractivity contribution in [3.05, 3.63) is 89.3 Å². The van der Waals surface area contributed by atoms with Gasteiger partial charge in [-0.3, -0.25) is 4.79 Å². The second-order valence-corrected chi connectivity index (χ2v) is 12.0. The number of aromatic carboxylic acids is 1. The molecule has 5 rings (SSSR count). The second kappa shape index (κ2) is 13.9. The SMILES string of the molecule is CC(C)C[C@H](N)C(=O)N(C(=O)N1CCCCCC1)[C@H](Cc1c[nH]c2ccccc12)c1nc(C(=O)O)c(Cc2ccccc2)o1. The van der Waals surface area contributed by atoms with Crippen LogP contribution < -0.4 is 5.73 Å². The Balaban J connectivity index is 1.64. The molecule has 0 aliphatic carbocycles. The monoisotopic (exact) mass is 599 g/mol. The van der Waals surface area contributed by atoms with E-state index in [4.69, 9.17) is 10.2 Å². The molecule has 2 atom stereocenters. The summed E-state index contributed by atoms with van der Waals surface area (Å²) in [5.74, 6) is -1.51. The first-order valence-corrected chi connectivity index (χ1v) is 15.4. The van der Waals surface area contributed by atoms with Crippen molar-refractivity contribution in [1.82, 2.24) is 19.8 Å². The van der Waals surface area contributed by atoms with Gasteiger partial charge in [0.05, 0.1) is 6.04 Å². The fraction of sp³-hybridized carbons (Fsp3) is 0.412. The van der Waals surface area contributed by atoms with Crippen molar-refractivity contribution < 1.29 is 23.9 Å². The number of nitrogens with one attached hydrogen (secondary N) is 1. The predicted octanol–water partition coefficient (Wildman–Crippen LogP) is 5.93. The smallest absolute Gasteiger partial charge is 0.358 e. The van der Waals surface area contributed by atoms with Crippen LogP contribution in [0.15, 0.2) is 65.2 Å². The van der Waals surface area contributed by atoms with Gasteiger partial charge in [-0.05, 0) is 42.4 Å². The van der Waals surface area contributed by atoms with Gasteiger partial charge in [0.15, 0.2) is 5.69 Å². The minimum absolute atomic E-state index is 0.00752. The van der Waals surface area contributed by atoms with Crippen LogP contribution in [0.4, 0.5) is 4.79 Å². The highest BCUT2D eigenvalue weighted by Gasteiger charge is 2.40. The summed E-state index contributed by atoms with van der Waals surface area (Å²) in [6, 6.07) is 14.7. The second-order valence-electron chi connectivity index (χ2n) is 12.0. The lowest BCUT2D eigenvalue weighted by Crippen LogP contribution is -2.54. The van der Waals surface area contributed by atoms with E-state index in [0.717, 1.165) is 47.7 Å². The van der Waals surface area contributed by atoms with Crippen molar-refractivity contribution >= 4 is 28.8 Å². The van der Waals surface area contributed by atoms with Gasteiger partial charge in [-0.25, -0.2) is 19.5 Å². The molecule has 0 spiro atoms. The van der Waals surface area contributed by atoms with Crippen LogP contribution in [0, 0.1) is 5.92 Å². The zero-order valence-electron chi connectivity index (χ0n) is 25.4. The van der Waals surface area contributed by atoms with E-state index in [2.05, 4.69) is 9.97 Å². The van der Waals surface area contributed by atoms with Gasteiger partial charge >= 0.3 is 12.0 Å². The zero-order valence-corrected chi connectivity index (χ0v) is 25.4. The van der Waals surface area contributed by atoms with E-state index in [1.165, 1.54) is 4.90 Å². The molecule has 2 aromatic carbocycles. The highest BCUT2D eigenvalue weighted by atomic mass is 16.4. The van der Waals surface area contributed by atoms with Gasteiger partial charge in [0.2, 0.25) is 11.8 Å². The lowest BCUT2D eigenvalue weighted by Gasteiger charge is -2.34. The number of H-pyrrole nitrogens is 1. The third kappa shape index (κ3) is 7.02. The van der Waals surface area contributed by atoms with Crippen molar-refractivity contribution in [3.63, 3.8) is 0 Å². The number of benzene rings is 2. The van der Waals surface area contributed by atoms with Crippen molar-refractivity contribution in [2.24, 2.45) is 11.7 Å². The molecule has 3 amide bonds. The molecule has 232 valence electrons. The molecule has 4 aromatic rings. The first kappa shape index (κ1) is 31.0. The number of aromatic amines is 1. The molecule has 0 radical (unpaired) electrons. The third-order valence-electron chi connectivity index (χ3n) is 8.17. The zero-order chi connectivity index (χ0) is 31.2. The van der Waals surface area contributed by atoms with Crippen LogP contribution in [0.5, 0.6) is 0 Å². The summed E-state index contributed by atoms with van der Waals surface area (Å²) >= 11 is 0. The number of fused-ring (bicyclic) bond motifs is 1. The Labute approximate surface area is 257 Å². The molecule has 0 saturated carbocycles. The van der Waals surface area contributed by atoms with Gasteiger partial charge in [0.25, 0.3) is 0 Å². The lowest BCUT2D eigenvalue weighted by atomic mass is 10.00. The predicted molar refractivity (Wildman–Crippen MR) is 167 cm³/mol. The number of amides is 3. The fourth-order valence-electron chi connectivity index (χ4n) is 5.96. The first-order chi connectivity index (χ1) is 21.2. The Morgan fingerprint density at radius 1 is 1.02 bits per heavy atom. The Morgan fingerprint density at radius 2 is 1.70 bits per heavy atom. The number of nitrogens with two attached hydrogens (primary N) is 1. The van der Waals surface area contributed by atoms with Crippen LogP contribution in [0.2, 0.25) is 0 Å².